The molecule has 0 unspecified atom stereocenters. The molecule has 1 fully saturated rings. The summed E-state index contributed by atoms with van der Waals surface area (Å²) in [6, 6.07) is 0. The van der Waals surface area contributed by atoms with E-state index in [0.29, 0.717) is 5.13 Å². The lowest BCUT2D eigenvalue weighted by Crippen LogP contribution is -2.32. The Morgan fingerprint density at radius 1 is 1.50 bits per heavy atom. The highest BCUT2D eigenvalue weighted by Crippen LogP contribution is 2.26. The second-order valence-electron chi connectivity index (χ2n) is 5.47. The van der Waals surface area contributed by atoms with E-state index in [-0.39, 0.29) is 12.5 Å². The van der Waals surface area contributed by atoms with Crippen LogP contribution >= 0.6 is 11.3 Å². The standard InChI is InChI=1S/C14H23N3O2S/c1-10-4-6-17(7-5-10)8-12-11(2)15-14(20-12)16-13(18)9-19-3/h10H,4-9H2,1-3H3,(H,15,16,18). The zero-order valence-electron chi connectivity index (χ0n) is 12.4. The van der Waals surface area contributed by atoms with Gasteiger partial charge in [-0.05, 0) is 38.8 Å². The van der Waals surface area contributed by atoms with E-state index in [9.17, 15) is 4.79 Å². The van der Waals surface area contributed by atoms with Gasteiger partial charge in [0, 0.05) is 18.5 Å². The summed E-state index contributed by atoms with van der Waals surface area (Å²) in [6.45, 7) is 7.64. The van der Waals surface area contributed by atoms with Crippen LogP contribution in [0.25, 0.3) is 0 Å². The lowest BCUT2D eigenvalue weighted by molar-refractivity contribution is -0.119. The summed E-state index contributed by atoms with van der Waals surface area (Å²) in [5, 5.41) is 3.44. The number of methoxy groups -OCH3 is 1. The number of anilines is 1. The van der Waals surface area contributed by atoms with Gasteiger partial charge in [-0.1, -0.05) is 6.92 Å². The molecule has 1 amide bonds. The van der Waals surface area contributed by atoms with Crippen molar-refractivity contribution in [3.8, 4) is 0 Å². The SMILES string of the molecule is COCC(=O)Nc1nc(C)c(CN2CCC(C)CC2)s1. The van der Waals surface area contributed by atoms with E-state index in [4.69, 9.17) is 4.74 Å². The van der Waals surface area contributed by atoms with Crippen molar-refractivity contribution in [1.29, 1.82) is 0 Å². The van der Waals surface area contributed by atoms with Gasteiger partial charge in [-0.15, -0.1) is 11.3 Å². The fourth-order valence-electron chi connectivity index (χ4n) is 2.34. The number of nitrogens with one attached hydrogen (secondary N) is 1. The van der Waals surface area contributed by atoms with Gasteiger partial charge in [0.15, 0.2) is 5.13 Å². The van der Waals surface area contributed by atoms with Gasteiger partial charge in [0.2, 0.25) is 0 Å². The maximum Gasteiger partial charge on any atom is 0.252 e. The summed E-state index contributed by atoms with van der Waals surface area (Å²) in [4.78, 5) is 19.6. The molecule has 1 aromatic heterocycles. The van der Waals surface area contributed by atoms with Crippen molar-refractivity contribution in [1.82, 2.24) is 9.88 Å². The fourth-order valence-corrected chi connectivity index (χ4v) is 3.36. The van der Waals surface area contributed by atoms with Crippen molar-refractivity contribution in [2.75, 3.05) is 32.1 Å². The summed E-state index contributed by atoms with van der Waals surface area (Å²) in [5.41, 5.74) is 1.02. The number of rotatable bonds is 5. The number of carbonyl (C=O) groups excluding carboxylic acids is 1. The van der Waals surface area contributed by atoms with Crippen molar-refractivity contribution in [3.05, 3.63) is 10.6 Å². The van der Waals surface area contributed by atoms with Crippen LogP contribution in [0.15, 0.2) is 0 Å². The third-order valence-electron chi connectivity index (χ3n) is 3.66. The molecule has 20 heavy (non-hydrogen) atoms. The minimum Gasteiger partial charge on any atom is -0.375 e. The second-order valence-corrected chi connectivity index (χ2v) is 6.55. The maximum atomic E-state index is 11.5. The number of ether oxygens (including phenoxy) is 1. The van der Waals surface area contributed by atoms with Crippen LogP contribution in [0.5, 0.6) is 0 Å². The van der Waals surface area contributed by atoms with E-state index in [1.165, 1.54) is 24.8 Å². The number of hydrogen-bond donors (Lipinski definition) is 1. The van der Waals surface area contributed by atoms with Crippen molar-refractivity contribution >= 4 is 22.4 Å². The minimum absolute atomic E-state index is 0.0674. The topological polar surface area (TPSA) is 54.5 Å². The monoisotopic (exact) mass is 297 g/mol. The molecule has 1 saturated heterocycles. The van der Waals surface area contributed by atoms with Crippen LogP contribution < -0.4 is 5.32 Å². The van der Waals surface area contributed by atoms with E-state index >= 15 is 0 Å². The van der Waals surface area contributed by atoms with Gasteiger partial charge < -0.3 is 4.74 Å². The zero-order valence-corrected chi connectivity index (χ0v) is 13.3. The lowest BCUT2D eigenvalue weighted by atomic mass is 9.99. The molecular formula is C14H23N3O2S. The summed E-state index contributed by atoms with van der Waals surface area (Å²) >= 11 is 1.57. The molecule has 6 heteroatoms. The van der Waals surface area contributed by atoms with Gasteiger partial charge in [-0.3, -0.25) is 15.0 Å². The number of likely N-dealkylation sites (tertiary alicyclic amines) is 1. The molecule has 5 nitrogen and oxygen atoms in total. The van der Waals surface area contributed by atoms with Gasteiger partial charge in [-0.2, -0.15) is 0 Å². The third-order valence-corrected chi connectivity index (χ3v) is 4.72. The van der Waals surface area contributed by atoms with Gasteiger partial charge in [0.05, 0.1) is 5.69 Å². The molecule has 1 aliphatic heterocycles. The molecule has 0 spiro atoms. The van der Waals surface area contributed by atoms with E-state index in [2.05, 4.69) is 22.1 Å². The average Bonchev–Trinajstić information content (AvgIpc) is 2.72. The zero-order chi connectivity index (χ0) is 14.5. The van der Waals surface area contributed by atoms with E-state index in [1.807, 2.05) is 6.92 Å². The highest BCUT2D eigenvalue weighted by molar-refractivity contribution is 7.15. The van der Waals surface area contributed by atoms with Crippen molar-refractivity contribution in [2.45, 2.75) is 33.2 Å². The number of thiazole rings is 1. The van der Waals surface area contributed by atoms with E-state index in [0.717, 1.165) is 31.2 Å². The Morgan fingerprint density at radius 2 is 2.20 bits per heavy atom. The van der Waals surface area contributed by atoms with Crippen LogP contribution in [-0.4, -0.2) is 42.6 Å². The van der Waals surface area contributed by atoms with Crippen LogP contribution in [0.1, 0.15) is 30.3 Å². The number of hydrogen-bond acceptors (Lipinski definition) is 5. The van der Waals surface area contributed by atoms with Gasteiger partial charge in [0.25, 0.3) is 5.91 Å². The number of carbonyl (C=O) groups is 1. The molecule has 0 radical (unpaired) electrons. The van der Waals surface area contributed by atoms with E-state index < -0.39 is 0 Å². The van der Waals surface area contributed by atoms with Crippen LogP contribution in [0.2, 0.25) is 0 Å². The summed E-state index contributed by atoms with van der Waals surface area (Å²) < 4.78 is 4.80. The van der Waals surface area contributed by atoms with Crippen LogP contribution in [0.4, 0.5) is 5.13 Å². The molecule has 0 aromatic carbocycles. The largest absolute Gasteiger partial charge is 0.375 e. The van der Waals surface area contributed by atoms with Crippen molar-refractivity contribution in [2.24, 2.45) is 5.92 Å². The van der Waals surface area contributed by atoms with Crippen LogP contribution in [-0.2, 0) is 16.1 Å². The molecule has 1 aliphatic rings. The Labute approximate surface area is 124 Å². The van der Waals surface area contributed by atoms with Gasteiger partial charge in [-0.25, -0.2) is 4.98 Å². The molecule has 1 N–H and O–H groups in total. The normalized spacial score (nSPS) is 17.4. The molecule has 0 atom stereocenters. The Bertz CT molecular complexity index is 453. The van der Waals surface area contributed by atoms with Gasteiger partial charge >= 0.3 is 0 Å². The summed E-state index contributed by atoms with van der Waals surface area (Å²) in [7, 11) is 1.51. The number of amides is 1. The molecule has 0 aliphatic carbocycles. The first-order chi connectivity index (χ1) is 9.58. The Balaban J connectivity index is 1.92. The summed E-state index contributed by atoms with van der Waals surface area (Å²) in [6.07, 6.45) is 2.55. The quantitative estimate of drug-likeness (QED) is 0.906. The molecule has 2 heterocycles. The first-order valence-electron chi connectivity index (χ1n) is 7.06. The highest BCUT2D eigenvalue weighted by atomic mass is 32.1. The molecule has 2 rings (SSSR count). The first-order valence-corrected chi connectivity index (χ1v) is 7.87. The van der Waals surface area contributed by atoms with Crippen molar-refractivity contribution in [3.63, 3.8) is 0 Å². The molecular weight excluding hydrogens is 274 g/mol. The minimum atomic E-state index is -0.153. The number of nitrogens with zero attached hydrogens (tertiary/aromatic N) is 2. The predicted molar refractivity (Wildman–Crippen MR) is 81.0 cm³/mol. The third kappa shape index (κ3) is 4.26. The molecule has 1 aromatic rings. The van der Waals surface area contributed by atoms with Crippen LogP contribution in [0.3, 0.4) is 0 Å². The Hall–Kier alpha value is -0.980. The molecule has 0 saturated carbocycles. The number of aryl methyl sites for hydroxylation is 1. The van der Waals surface area contributed by atoms with E-state index in [1.54, 1.807) is 11.3 Å². The fraction of sp³-hybridized carbons (Fsp3) is 0.714. The van der Waals surface area contributed by atoms with Gasteiger partial charge in [0.1, 0.15) is 6.61 Å². The lowest BCUT2D eigenvalue weighted by Gasteiger charge is -2.29. The number of aromatic nitrogens is 1. The first kappa shape index (κ1) is 15.4. The number of piperidine rings is 1. The summed E-state index contributed by atoms with van der Waals surface area (Å²) in [5.74, 6) is 0.692. The Morgan fingerprint density at radius 3 is 2.85 bits per heavy atom. The average molecular weight is 297 g/mol. The smallest absolute Gasteiger partial charge is 0.252 e. The van der Waals surface area contributed by atoms with Crippen LogP contribution in [0, 0.1) is 12.8 Å². The maximum absolute atomic E-state index is 11.5. The second kappa shape index (κ2) is 7.15. The predicted octanol–water partition coefficient (Wildman–Crippen LogP) is 2.27. The molecule has 0 bridgehead atoms. The molecule has 112 valence electrons. The van der Waals surface area contributed by atoms with Crippen molar-refractivity contribution < 1.29 is 9.53 Å². The Kier molecular flexibility index (Phi) is 5.51. The highest BCUT2D eigenvalue weighted by Gasteiger charge is 2.18.